The number of nitrogens with one attached hydrogen (secondary N) is 1. The molecule has 8 nitrogen and oxygen atoms in total. The summed E-state index contributed by atoms with van der Waals surface area (Å²) < 4.78 is 14.3. The number of hydrogen-bond acceptors (Lipinski definition) is 5. The number of amides is 1. The van der Waals surface area contributed by atoms with Crippen LogP contribution in [0.5, 0.6) is 11.5 Å². The largest absolute Gasteiger partial charge is 0.493 e. The summed E-state index contributed by atoms with van der Waals surface area (Å²) in [5.74, 6) is 0.00346. The van der Waals surface area contributed by atoms with Gasteiger partial charge >= 0.3 is 5.97 Å². The zero-order valence-electron chi connectivity index (χ0n) is 18.6. The van der Waals surface area contributed by atoms with E-state index in [0.29, 0.717) is 29.3 Å². The Morgan fingerprint density at radius 1 is 1.15 bits per heavy atom. The third kappa shape index (κ3) is 5.12. The molecule has 0 bridgehead atoms. The smallest absolute Gasteiger partial charge is 0.308 e. The standard InChI is InChI=1S/C25H24N4O4/c1-17(30)33-23-13-18(7-9-22(23)32-3)8-10-24(31)27-21-6-4-5-19-11-12-29(25(19)21)15-20-14-28(2)16-26-20/h4-14,16H,15H2,1-3H3,(H,27,31)/b10-8+. The summed E-state index contributed by atoms with van der Waals surface area (Å²) in [6.07, 6.45) is 8.80. The minimum atomic E-state index is -0.450. The molecular formula is C25H24N4O4. The fourth-order valence-electron chi connectivity index (χ4n) is 3.59. The predicted octanol–water partition coefficient (Wildman–Crippen LogP) is 4.01. The Morgan fingerprint density at radius 2 is 2.00 bits per heavy atom. The first kappa shape index (κ1) is 21.9. The summed E-state index contributed by atoms with van der Waals surface area (Å²) in [6, 6.07) is 12.9. The molecule has 0 aliphatic carbocycles. The van der Waals surface area contributed by atoms with Crippen molar-refractivity contribution >= 4 is 34.5 Å². The van der Waals surface area contributed by atoms with Crippen molar-refractivity contribution in [3.8, 4) is 11.5 Å². The zero-order chi connectivity index (χ0) is 23.4. The number of aryl methyl sites for hydroxylation is 1. The molecule has 0 fully saturated rings. The van der Waals surface area contributed by atoms with Crippen LogP contribution in [0.2, 0.25) is 0 Å². The van der Waals surface area contributed by atoms with Crippen molar-refractivity contribution < 1.29 is 19.1 Å². The lowest BCUT2D eigenvalue weighted by atomic mass is 10.2. The number of aromatic nitrogens is 3. The van der Waals surface area contributed by atoms with E-state index in [1.165, 1.54) is 20.1 Å². The van der Waals surface area contributed by atoms with Crippen molar-refractivity contribution in [2.75, 3.05) is 12.4 Å². The molecule has 0 saturated carbocycles. The molecule has 8 heteroatoms. The van der Waals surface area contributed by atoms with E-state index in [0.717, 1.165) is 16.6 Å². The second kappa shape index (κ2) is 9.44. The minimum absolute atomic E-state index is 0.280. The summed E-state index contributed by atoms with van der Waals surface area (Å²) in [7, 11) is 3.43. The highest BCUT2D eigenvalue weighted by Crippen LogP contribution is 2.29. The van der Waals surface area contributed by atoms with Gasteiger partial charge in [0, 0.05) is 37.8 Å². The summed E-state index contributed by atoms with van der Waals surface area (Å²) in [5, 5.41) is 3.98. The van der Waals surface area contributed by atoms with Crippen LogP contribution in [0, 0.1) is 0 Å². The van der Waals surface area contributed by atoms with Crippen LogP contribution in [0.1, 0.15) is 18.2 Å². The average Bonchev–Trinajstić information content (AvgIpc) is 3.39. The van der Waals surface area contributed by atoms with Crippen LogP contribution in [0.3, 0.4) is 0 Å². The number of carbonyl (C=O) groups excluding carboxylic acids is 2. The minimum Gasteiger partial charge on any atom is -0.493 e. The lowest BCUT2D eigenvalue weighted by Crippen LogP contribution is -2.10. The van der Waals surface area contributed by atoms with Crippen molar-refractivity contribution in [1.82, 2.24) is 14.1 Å². The molecule has 168 valence electrons. The molecule has 4 rings (SSSR count). The van der Waals surface area contributed by atoms with Crippen LogP contribution in [-0.2, 0) is 23.2 Å². The Hall–Kier alpha value is -4.33. The fourth-order valence-corrected chi connectivity index (χ4v) is 3.59. The average molecular weight is 444 g/mol. The summed E-state index contributed by atoms with van der Waals surface area (Å²) in [4.78, 5) is 28.4. The maximum Gasteiger partial charge on any atom is 0.308 e. The van der Waals surface area contributed by atoms with Gasteiger partial charge in [0.25, 0.3) is 0 Å². The van der Waals surface area contributed by atoms with Gasteiger partial charge in [-0.05, 0) is 35.9 Å². The van der Waals surface area contributed by atoms with Gasteiger partial charge < -0.3 is 23.9 Å². The van der Waals surface area contributed by atoms with Gasteiger partial charge in [0.15, 0.2) is 11.5 Å². The van der Waals surface area contributed by atoms with Crippen LogP contribution < -0.4 is 14.8 Å². The number of fused-ring (bicyclic) bond motifs is 1. The SMILES string of the molecule is COc1ccc(/C=C/C(=O)Nc2cccc3ccn(Cc4cn(C)cn4)c23)cc1OC(C)=O. The lowest BCUT2D eigenvalue weighted by Gasteiger charge is -2.10. The molecule has 33 heavy (non-hydrogen) atoms. The Morgan fingerprint density at radius 3 is 2.73 bits per heavy atom. The van der Waals surface area contributed by atoms with E-state index < -0.39 is 5.97 Å². The highest BCUT2D eigenvalue weighted by atomic mass is 16.6. The first-order valence-corrected chi connectivity index (χ1v) is 10.3. The Balaban J connectivity index is 1.54. The van der Waals surface area contributed by atoms with Gasteiger partial charge in [0.05, 0.1) is 36.9 Å². The van der Waals surface area contributed by atoms with Crippen molar-refractivity contribution in [1.29, 1.82) is 0 Å². The zero-order valence-corrected chi connectivity index (χ0v) is 18.6. The van der Waals surface area contributed by atoms with Gasteiger partial charge in [-0.2, -0.15) is 0 Å². The fraction of sp³-hybridized carbons (Fsp3) is 0.160. The van der Waals surface area contributed by atoms with Gasteiger partial charge in [0.1, 0.15) is 0 Å². The number of ether oxygens (including phenoxy) is 2. The van der Waals surface area contributed by atoms with Crippen molar-refractivity contribution in [2.24, 2.45) is 7.05 Å². The van der Waals surface area contributed by atoms with Gasteiger partial charge in [-0.1, -0.05) is 18.2 Å². The van der Waals surface area contributed by atoms with E-state index in [1.54, 1.807) is 30.6 Å². The van der Waals surface area contributed by atoms with Gasteiger partial charge in [-0.3, -0.25) is 9.59 Å². The number of para-hydroxylation sites is 1. The number of esters is 1. The number of benzene rings is 2. The molecule has 2 heterocycles. The van der Waals surface area contributed by atoms with Crippen LogP contribution in [-0.4, -0.2) is 33.1 Å². The number of anilines is 1. The van der Waals surface area contributed by atoms with E-state index in [1.807, 2.05) is 48.3 Å². The Labute approximate surface area is 191 Å². The third-order valence-corrected chi connectivity index (χ3v) is 5.01. The van der Waals surface area contributed by atoms with E-state index >= 15 is 0 Å². The number of methoxy groups -OCH3 is 1. The first-order chi connectivity index (χ1) is 15.9. The van der Waals surface area contributed by atoms with Gasteiger partial charge in [-0.15, -0.1) is 0 Å². The number of carbonyl (C=O) groups is 2. The highest BCUT2D eigenvalue weighted by Gasteiger charge is 2.11. The molecule has 0 radical (unpaired) electrons. The number of imidazole rings is 1. The van der Waals surface area contributed by atoms with E-state index in [9.17, 15) is 9.59 Å². The maximum absolute atomic E-state index is 12.7. The topological polar surface area (TPSA) is 87.4 Å². The van der Waals surface area contributed by atoms with Gasteiger partial charge in [-0.25, -0.2) is 4.98 Å². The molecule has 0 aliphatic rings. The first-order valence-electron chi connectivity index (χ1n) is 10.3. The molecule has 1 amide bonds. The monoisotopic (exact) mass is 444 g/mol. The molecule has 0 atom stereocenters. The highest BCUT2D eigenvalue weighted by molar-refractivity contribution is 6.06. The van der Waals surface area contributed by atoms with Gasteiger partial charge in [0.2, 0.25) is 5.91 Å². The molecule has 1 N–H and O–H groups in total. The quantitative estimate of drug-likeness (QED) is 0.264. The molecule has 0 unspecified atom stereocenters. The summed E-state index contributed by atoms with van der Waals surface area (Å²) >= 11 is 0. The molecule has 0 saturated heterocycles. The molecule has 2 aromatic carbocycles. The number of rotatable bonds is 7. The van der Waals surface area contributed by atoms with Crippen LogP contribution in [0.25, 0.3) is 17.0 Å². The Kier molecular flexibility index (Phi) is 6.26. The summed E-state index contributed by atoms with van der Waals surface area (Å²) in [6.45, 7) is 1.91. The van der Waals surface area contributed by atoms with E-state index in [2.05, 4.69) is 14.9 Å². The normalized spacial score (nSPS) is 11.1. The summed E-state index contributed by atoms with van der Waals surface area (Å²) in [5.41, 5.74) is 3.25. The molecule has 2 aromatic heterocycles. The second-order valence-corrected chi connectivity index (χ2v) is 7.54. The molecule has 4 aromatic rings. The molecule has 0 spiro atoms. The second-order valence-electron chi connectivity index (χ2n) is 7.54. The van der Waals surface area contributed by atoms with Crippen molar-refractivity contribution in [3.05, 3.63) is 78.5 Å². The van der Waals surface area contributed by atoms with Crippen molar-refractivity contribution in [3.63, 3.8) is 0 Å². The van der Waals surface area contributed by atoms with E-state index in [4.69, 9.17) is 9.47 Å². The van der Waals surface area contributed by atoms with Crippen LogP contribution >= 0.6 is 0 Å². The molecular weight excluding hydrogens is 420 g/mol. The molecule has 0 aliphatic heterocycles. The van der Waals surface area contributed by atoms with Crippen molar-refractivity contribution in [2.45, 2.75) is 13.5 Å². The van der Waals surface area contributed by atoms with E-state index in [-0.39, 0.29) is 5.91 Å². The third-order valence-electron chi connectivity index (χ3n) is 5.01. The maximum atomic E-state index is 12.7. The Bertz CT molecular complexity index is 1350. The predicted molar refractivity (Wildman–Crippen MR) is 126 cm³/mol. The number of nitrogens with zero attached hydrogens (tertiary/aromatic N) is 3. The van der Waals surface area contributed by atoms with Crippen LogP contribution in [0.15, 0.2) is 67.3 Å². The number of hydrogen-bond donors (Lipinski definition) is 1. The van der Waals surface area contributed by atoms with Crippen LogP contribution in [0.4, 0.5) is 5.69 Å². The lowest BCUT2D eigenvalue weighted by molar-refractivity contribution is -0.132.